The summed E-state index contributed by atoms with van der Waals surface area (Å²) >= 11 is 3.23. The van der Waals surface area contributed by atoms with Crippen molar-refractivity contribution in [2.45, 2.75) is 37.8 Å². The van der Waals surface area contributed by atoms with Crippen molar-refractivity contribution in [2.75, 3.05) is 13.1 Å². The zero-order chi connectivity index (χ0) is 21.1. The zero-order valence-electron chi connectivity index (χ0n) is 16.0. The van der Waals surface area contributed by atoms with Gasteiger partial charge in [-0.1, -0.05) is 23.4 Å². The normalized spacial score (nSPS) is 23.2. The maximum atomic E-state index is 14.0. The molecule has 1 N–H and O–H groups in total. The van der Waals surface area contributed by atoms with Crippen LogP contribution in [0.15, 0.2) is 41.7 Å². The summed E-state index contributed by atoms with van der Waals surface area (Å²) in [6.07, 6.45) is -0.190. The Labute approximate surface area is 180 Å². The van der Waals surface area contributed by atoms with E-state index in [1.165, 1.54) is 0 Å². The van der Waals surface area contributed by atoms with Crippen LogP contribution in [0.25, 0.3) is 10.9 Å². The van der Waals surface area contributed by atoms with E-state index in [1.54, 1.807) is 6.20 Å². The number of pyridine rings is 1. The standard InChI is InChI=1S/C20H20BrFN4O4/c21-18-7-15(30-25-18)9-24-19(27)17-6-14(22)10-26(17)20(28)29-11-12-5-13-3-1-2-4-16(13)23-8-12/h1-5,8,14-15,17H,6-7,9-11H2,(H,24,27)/t14-,15?,17-/m0/s1. The lowest BCUT2D eigenvalue weighted by Gasteiger charge is -2.23. The van der Waals surface area contributed by atoms with E-state index in [4.69, 9.17) is 9.57 Å². The van der Waals surface area contributed by atoms with Gasteiger partial charge in [-0.2, -0.15) is 0 Å². The molecule has 0 saturated carbocycles. The van der Waals surface area contributed by atoms with Gasteiger partial charge in [0.25, 0.3) is 0 Å². The number of hydrogen-bond acceptors (Lipinski definition) is 6. The maximum absolute atomic E-state index is 14.0. The molecule has 3 heterocycles. The smallest absolute Gasteiger partial charge is 0.410 e. The van der Waals surface area contributed by atoms with E-state index < -0.39 is 24.2 Å². The predicted molar refractivity (Wildman–Crippen MR) is 111 cm³/mol. The largest absolute Gasteiger partial charge is 0.444 e. The second-order valence-electron chi connectivity index (χ2n) is 7.24. The van der Waals surface area contributed by atoms with Gasteiger partial charge in [0.15, 0.2) is 6.10 Å². The highest BCUT2D eigenvalue weighted by Gasteiger charge is 2.41. The number of nitrogens with zero attached hydrogens (tertiary/aromatic N) is 3. The van der Waals surface area contributed by atoms with Gasteiger partial charge >= 0.3 is 6.09 Å². The minimum absolute atomic E-state index is 0.0141. The summed E-state index contributed by atoms with van der Waals surface area (Å²) in [6.45, 7) is 0.0255. The van der Waals surface area contributed by atoms with Crippen molar-refractivity contribution in [3.8, 4) is 0 Å². The lowest BCUT2D eigenvalue weighted by molar-refractivity contribution is -0.125. The van der Waals surface area contributed by atoms with E-state index >= 15 is 0 Å². The van der Waals surface area contributed by atoms with E-state index in [9.17, 15) is 14.0 Å². The number of fused-ring (bicyclic) bond motifs is 1. The number of rotatable bonds is 5. The molecule has 30 heavy (non-hydrogen) atoms. The Morgan fingerprint density at radius 1 is 1.37 bits per heavy atom. The topological polar surface area (TPSA) is 93.1 Å². The molecule has 0 bridgehead atoms. The molecular weight excluding hydrogens is 459 g/mol. The predicted octanol–water partition coefficient (Wildman–Crippen LogP) is 2.90. The van der Waals surface area contributed by atoms with Crippen LogP contribution in [0, 0.1) is 0 Å². The number of carbonyl (C=O) groups excluding carboxylic acids is 2. The molecule has 2 aliphatic heterocycles. The number of nitrogens with one attached hydrogen (secondary N) is 1. The maximum Gasteiger partial charge on any atom is 0.410 e. The third-order valence-electron chi connectivity index (χ3n) is 5.00. The molecular formula is C20H20BrFN4O4. The second-order valence-corrected chi connectivity index (χ2v) is 8.15. The van der Waals surface area contributed by atoms with Gasteiger partial charge in [-0.05, 0) is 28.1 Å². The van der Waals surface area contributed by atoms with Gasteiger partial charge in [-0.3, -0.25) is 14.7 Å². The quantitative estimate of drug-likeness (QED) is 0.712. The number of ether oxygens (including phenoxy) is 1. The Morgan fingerprint density at radius 2 is 2.20 bits per heavy atom. The van der Waals surface area contributed by atoms with Gasteiger partial charge in [-0.25, -0.2) is 9.18 Å². The Morgan fingerprint density at radius 3 is 3.00 bits per heavy atom. The Balaban J connectivity index is 1.33. The van der Waals surface area contributed by atoms with Gasteiger partial charge in [-0.15, -0.1) is 0 Å². The van der Waals surface area contributed by atoms with Crippen LogP contribution >= 0.6 is 15.9 Å². The van der Waals surface area contributed by atoms with Crippen LogP contribution in [0.2, 0.25) is 0 Å². The lowest BCUT2D eigenvalue weighted by atomic mass is 10.2. The molecule has 2 aliphatic rings. The number of para-hydroxylation sites is 1. The molecule has 0 radical (unpaired) electrons. The molecule has 2 aromatic rings. The van der Waals surface area contributed by atoms with Crippen LogP contribution in [-0.2, 0) is 21.0 Å². The molecule has 158 valence electrons. The number of aromatic nitrogens is 1. The van der Waals surface area contributed by atoms with Crippen LogP contribution in [0.5, 0.6) is 0 Å². The van der Waals surface area contributed by atoms with Gasteiger partial charge in [0, 0.05) is 30.0 Å². The SMILES string of the molecule is O=C(NCC1CC(Br)=NO1)[C@@H]1C[C@H](F)CN1C(=O)OCc1cnc2ccccc2c1. The van der Waals surface area contributed by atoms with Crippen molar-refractivity contribution >= 4 is 43.5 Å². The molecule has 8 nitrogen and oxygen atoms in total. The van der Waals surface area contributed by atoms with Gasteiger partial charge in [0.05, 0.1) is 18.6 Å². The van der Waals surface area contributed by atoms with Crippen molar-refractivity contribution in [1.82, 2.24) is 15.2 Å². The number of hydrogen-bond donors (Lipinski definition) is 1. The van der Waals surface area contributed by atoms with Crippen molar-refractivity contribution in [3.63, 3.8) is 0 Å². The van der Waals surface area contributed by atoms with E-state index in [1.807, 2.05) is 30.3 Å². The Kier molecular flexibility index (Phi) is 6.12. The molecule has 0 aliphatic carbocycles. The molecule has 1 aromatic carbocycles. The Bertz CT molecular complexity index is 988. The van der Waals surface area contributed by atoms with Crippen LogP contribution in [-0.4, -0.2) is 57.9 Å². The monoisotopic (exact) mass is 478 g/mol. The fourth-order valence-electron chi connectivity index (χ4n) is 3.49. The highest BCUT2D eigenvalue weighted by molar-refractivity contribution is 9.18. The number of likely N-dealkylation sites (tertiary alicyclic amines) is 1. The number of benzene rings is 1. The highest BCUT2D eigenvalue weighted by atomic mass is 79.9. The number of oxime groups is 1. The lowest BCUT2D eigenvalue weighted by Crippen LogP contribution is -2.47. The second kappa shape index (κ2) is 8.95. The van der Waals surface area contributed by atoms with Crippen LogP contribution in [0.1, 0.15) is 18.4 Å². The summed E-state index contributed by atoms with van der Waals surface area (Å²) in [6, 6.07) is 8.56. The molecule has 10 heteroatoms. The van der Waals surface area contributed by atoms with Gasteiger partial charge in [0.1, 0.15) is 23.4 Å². The first-order chi connectivity index (χ1) is 14.5. The van der Waals surface area contributed by atoms with Crippen molar-refractivity contribution in [3.05, 3.63) is 42.1 Å². The van der Waals surface area contributed by atoms with Crippen molar-refractivity contribution in [1.29, 1.82) is 0 Å². The fourth-order valence-corrected chi connectivity index (χ4v) is 3.94. The molecule has 1 saturated heterocycles. The van der Waals surface area contributed by atoms with E-state index in [0.29, 0.717) is 16.6 Å². The minimum atomic E-state index is -1.28. The third kappa shape index (κ3) is 4.69. The van der Waals surface area contributed by atoms with E-state index in [2.05, 4.69) is 31.4 Å². The van der Waals surface area contributed by atoms with Crippen LogP contribution in [0.4, 0.5) is 9.18 Å². The summed E-state index contributed by atoms with van der Waals surface area (Å²) in [5.41, 5.74) is 1.55. The summed E-state index contributed by atoms with van der Waals surface area (Å²) < 4.78 is 20.0. The van der Waals surface area contributed by atoms with E-state index in [0.717, 1.165) is 15.8 Å². The summed E-state index contributed by atoms with van der Waals surface area (Å²) in [4.78, 5) is 35.7. The first-order valence-electron chi connectivity index (χ1n) is 9.56. The number of carbonyl (C=O) groups is 2. The average Bonchev–Trinajstić information content (AvgIpc) is 3.35. The summed E-state index contributed by atoms with van der Waals surface area (Å²) in [5.74, 6) is -0.439. The molecule has 1 aromatic heterocycles. The molecule has 1 unspecified atom stereocenters. The fraction of sp³-hybridized carbons (Fsp3) is 0.400. The third-order valence-corrected chi connectivity index (χ3v) is 5.47. The van der Waals surface area contributed by atoms with Crippen LogP contribution < -0.4 is 5.32 Å². The number of amides is 2. The first kappa shape index (κ1) is 20.5. The highest BCUT2D eigenvalue weighted by Crippen LogP contribution is 2.23. The van der Waals surface area contributed by atoms with Gasteiger partial charge in [0.2, 0.25) is 5.91 Å². The minimum Gasteiger partial charge on any atom is -0.444 e. The van der Waals surface area contributed by atoms with E-state index in [-0.39, 0.29) is 32.2 Å². The number of halogens is 2. The van der Waals surface area contributed by atoms with Crippen molar-refractivity contribution in [2.24, 2.45) is 5.16 Å². The Hall–Kier alpha value is -2.75. The molecule has 1 fully saturated rings. The summed E-state index contributed by atoms with van der Waals surface area (Å²) in [5, 5.41) is 7.38. The zero-order valence-corrected chi connectivity index (χ0v) is 17.5. The molecule has 0 spiro atoms. The first-order valence-corrected chi connectivity index (χ1v) is 10.4. The molecule has 2 amide bonds. The molecule has 4 rings (SSSR count). The van der Waals surface area contributed by atoms with Crippen LogP contribution in [0.3, 0.4) is 0 Å². The summed E-state index contributed by atoms with van der Waals surface area (Å²) in [7, 11) is 0. The van der Waals surface area contributed by atoms with Gasteiger partial charge < -0.3 is 14.9 Å². The average molecular weight is 479 g/mol. The molecule has 3 atom stereocenters. The van der Waals surface area contributed by atoms with Crippen molar-refractivity contribution < 1.29 is 23.6 Å². The number of alkyl halides is 1.